The van der Waals surface area contributed by atoms with Crippen LogP contribution in [-0.4, -0.2) is 50.1 Å². The number of carbonyl (C=O) groups excluding carboxylic acids is 3. The van der Waals surface area contributed by atoms with E-state index in [1.165, 1.54) is 0 Å². The van der Waals surface area contributed by atoms with Gasteiger partial charge in [-0.2, -0.15) is 0 Å². The molecule has 26 heavy (non-hydrogen) atoms. The van der Waals surface area contributed by atoms with Crippen LogP contribution in [0.25, 0.3) is 0 Å². The van der Waals surface area contributed by atoms with E-state index in [9.17, 15) is 14.4 Å². The van der Waals surface area contributed by atoms with E-state index in [0.717, 1.165) is 25.7 Å². The number of hydrogen-bond acceptors (Lipinski definition) is 4. The summed E-state index contributed by atoms with van der Waals surface area (Å²) in [7, 11) is 0. The van der Waals surface area contributed by atoms with E-state index in [2.05, 4.69) is 22.9 Å². The minimum atomic E-state index is -0.555. The van der Waals surface area contributed by atoms with E-state index < -0.39 is 6.04 Å². The summed E-state index contributed by atoms with van der Waals surface area (Å²) in [5, 5.41) is 8.37. The Hall–Kier alpha value is -1.63. The minimum absolute atomic E-state index is 0.00555. The molecule has 3 N–H and O–H groups in total. The molecule has 0 unspecified atom stereocenters. The molecule has 0 aromatic rings. The van der Waals surface area contributed by atoms with Crippen LogP contribution in [0.3, 0.4) is 0 Å². The van der Waals surface area contributed by atoms with Crippen LogP contribution in [0.1, 0.15) is 53.4 Å². The second-order valence-electron chi connectivity index (χ2n) is 7.47. The number of nitrogens with one attached hydrogen (secondary N) is 3. The molecule has 0 bridgehead atoms. The van der Waals surface area contributed by atoms with Crippen molar-refractivity contribution in [1.82, 2.24) is 16.0 Å². The molecule has 0 aromatic heterocycles. The second kappa shape index (κ2) is 11.9. The van der Waals surface area contributed by atoms with E-state index in [1.807, 2.05) is 20.8 Å². The van der Waals surface area contributed by atoms with Crippen molar-refractivity contribution in [3.63, 3.8) is 0 Å². The molecule has 1 fully saturated rings. The molecular weight excluding hydrogens is 334 g/mol. The van der Waals surface area contributed by atoms with Crippen LogP contribution in [0.5, 0.6) is 0 Å². The number of rotatable bonds is 10. The highest BCUT2D eigenvalue weighted by atomic mass is 16.5. The van der Waals surface area contributed by atoms with E-state index in [0.29, 0.717) is 25.6 Å². The summed E-state index contributed by atoms with van der Waals surface area (Å²) < 4.78 is 5.00. The maximum atomic E-state index is 12.5. The van der Waals surface area contributed by atoms with E-state index >= 15 is 0 Å². The van der Waals surface area contributed by atoms with Crippen LogP contribution in [0.15, 0.2) is 0 Å². The van der Waals surface area contributed by atoms with Gasteiger partial charge in [0.2, 0.25) is 17.7 Å². The van der Waals surface area contributed by atoms with Crippen LogP contribution < -0.4 is 16.0 Å². The Morgan fingerprint density at radius 2 is 1.65 bits per heavy atom. The van der Waals surface area contributed by atoms with Crippen LogP contribution in [-0.2, 0) is 19.1 Å². The SMILES string of the molecule is CCOCC(=O)NCCNC(=O)[C@@H](NC(=O)C1CCC(C)CC1)C(C)C. The van der Waals surface area contributed by atoms with Crippen LogP contribution >= 0.6 is 0 Å². The first-order valence-corrected chi connectivity index (χ1v) is 9.77. The van der Waals surface area contributed by atoms with Crippen LogP contribution in [0.2, 0.25) is 0 Å². The molecular formula is C19H35N3O4. The first-order chi connectivity index (χ1) is 12.3. The maximum Gasteiger partial charge on any atom is 0.246 e. The molecule has 0 saturated heterocycles. The lowest BCUT2D eigenvalue weighted by Gasteiger charge is -2.28. The number of ether oxygens (including phenoxy) is 1. The maximum absolute atomic E-state index is 12.5. The van der Waals surface area contributed by atoms with Gasteiger partial charge in [-0.3, -0.25) is 14.4 Å². The van der Waals surface area contributed by atoms with Crippen molar-refractivity contribution in [3.8, 4) is 0 Å². The van der Waals surface area contributed by atoms with Crippen LogP contribution in [0.4, 0.5) is 0 Å². The lowest BCUT2D eigenvalue weighted by molar-refractivity contribution is -0.132. The lowest BCUT2D eigenvalue weighted by Crippen LogP contribution is -2.52. The zero-order chi connectivity index (χ0) is 19.5. The summed E-state index contributed by atoms with van der Waals surface area (Å²) >= 11 is 0. The summed E-state index contributed by atoms with van der Waals surface area (Å²) in [5.74, 6) is 0.252. The summed E-state index contributed by atoms with van der Waals surface area (Å²) in [5.41, 5.74) is 0. The van der Waals surface area contributed by atoms with Gasteiger partial charge in [0.1, 0.15) is 12.6 Å². The van der Waals surface area contributed by atoms with E-state index in [4.69, 9.17) is 4.74 Å². The van der Waals surface area contributed by atoms with Crippen molar-refractivity contribution >= 4 is 17.7 Å². The molecule has 3 amide bonds. The molecule has 1 atom stereocenters. The predicted octanol–water partition coefficient (Wildman–Crippen LogP) is 1.22. The summed E-state index contributed by atoms with van der Waals surface area (Å²) in [6.07, 6.45) is 3.92. The van der Waals surface area contributed by atoms with Gasteiger partial charge in [0.25, 0.3) is 0 Å². The third-order valence-electron chi connectivity index (χ3n) is 4.82. The molecule has 0 heterocycles. The van der Waals surface area contributed by atoms with Gasteiger partial charge >= 0.3 is 0 Å². The van der Waals surface area contributed by atoms with Crippen molar-refractivity contribution in [2.75, 3.05) is 26.3 Å². The van der Waals surface area contributed by atoms with Gasteiger partial charge in [0, 0.05) is 25.6 Å². The zero-order valence-corrected chi connectivity index (χ0v) is 16.6. The van der Waals surface area contributed by atoms with E-state index in [1.54, 1.807) is 0 Å². The first-order valence-electron chi connectivity index (χ1n) is 9.77. The van der Waals surface area contributed by atoms with Crippen molar-refractivity contribution in [3.05, 3.63) is 0 Å². The Bertz CT molecular complexity index is 460. The summed E-state index contributed by atoms with van der Waals surface area (Å²) in [6, 6.07) is -0.555. The Labute approximate surface area is 157 Å². The van der Waals surface area contributed by atoms with Gasteiger partial charge in [-0.1, -0.05) is 20.8 Å². The molecule has 150 valence electrons. The monoisotopic (exact) mass is 369 g/mol. The normalized spacial score (nSPS) is 21.1. The van der Waals surface area contributed by atoms with Gasteiger partial charge in [0.05, 0.1) is 0 Å². The van der Waals surface area contributed by atoms with Gasteiger partial charge in [-0.25, -0.2) is 0 Å². The Balaban J connectivity index is 2.37. The Morgan fingerprint density at radius 1 is 1.04 bits per heavy atom. The number of carbonyl (C=O) groups is 3. The molecule has 7 nitrogen and oxygen atoms in total. The molecule has 1 rings (SSSR count). The average molecular weight is 370 g/mol. The van der Waals surface area contributed by atoms with Crippen LogP contribution in [0, 0.1) is 17.8 Å². The smallest absolute Gasteiger partial charge is 0.246 e. The van der Waals surface area contributed by atoms with Crippen molar-refractivity contribution in [2.24, 2.45) is 17.8 Å². The van der Waals surface area contributed by atoms with Gasteiger partial charge in [-0.15, -0.1) is 0 Å². The third-order valence-corrected chi connectivity index (χ3v) is 4.82. The lowest BCUT2D eigenvalue weighted by atomic mass is 9.82. The zero-order valence-electron chi connectivity index (χ0n) is 16.6. The first kappa shape index (κ1) is 22.4. The van der Waals surface area contributed by atoms with Gasteiger partial charge in [0.15, 0.2) is 0 Å². The minimum Gasteiger partial charge on any atom is -0.372 e. The van der Waals surface area contributed by atoms with Crippen molar-refractivity contribution < 1.29 is 19.1 Å². The standard InChI is InChI=1S/C19H35N3O4/c1-5-26-12-16(23)20-10-11-21-19(25)17(13(2)3)22-18(24)15-8-6-14(4)7-9-15/h13-15,17H,5-12H2,1-4H3,(H,20,23)(H,21,25)(H,22,24)/t14?,15?,17-/m0/s1. The molecule has 0 aromatic carbocycles. The van der Waals surface area contributed by atoms with Crippen molar-refractivity contribution in [1.29, 1.82) is 0 Å². The summed E-state index contributed by atoms with van der Waals surface area (Å²) in [4.78, 5) is 36.3. The fourth-order valence-corrected chi connectivity index (χ4v) is 3.07. The molecule has 0 spiro atoms. The van der Waals surface area contributed by atoms with Gasteiger partial charge in [-0.05, 0) is 44.4 Å². The molecule has 7 heteroatoms. The molecule has 1 saturated carbocycles. The predicted molar refractivity (Wildman–Crippen MR) is 100 cm³/mol. The number of hydrogen-bond donors (Lipinski definition) is 3. The number of amides is 3. The molecule has 1 aliphatic rings. The topological polar surface area (TPSA) is 96.5 Å². The van der Waals surface area contributed by atoms with Crippen molar-refractivity contribution in [2.45, 2.75) is 59.4 Å². The molecule has 1 aliphatic carbocycles. The quantitative estimate of drug-likeness (QED) is 0.505. The molecule has 0 radical (unpaired) electrons. The Kier molecular flexibility index (Phi) is 10.2. The summed E-state index contributed by atoms with van der Waals surface area (Å²) in [6.45, 7) is 9.02. The van der Waals surface area contributed by atoms with Gasteiger partial charge < -0.3 is 20.7 Å². The second-order valence-corrected chi connectivity index (χ2v) is 7.47. The fourth-order valence-electron chi connectivity index (χ4n) is 3.07. The average Bonchev–Trinajstić information content (AvgIpc) is 2.61. The molecule has 0 aliphatic heterocycles. The largest absolute Gasteiger partial charge is 0.372 e. The van der Waals surface area contributed by atoms with E-state index in [-0.39, 0.29) is 36.2 Å². The third kappa shape index (κ3) is 8.17. The highest BCUT2D eigenvalue weighted by Crippen LogP contribution is 2.28. The highest BCUT2D eigenvalue weighted by Gasteiger charge is 2.29. The Morgan fingerprint density at radius 3 is 2.23 bits per heavy atom. The fraction of sp³-hybridized carbons (Fsp3) is 0.842. The highest BCUT2D eigenvalue weighted by molar-refractivity contribution is 5.88.